The summed E-state index contributed by atoms with van der Waals surface area (Å²) in [5.74, 6) is 0.120. The molecule has 2 rings (SSSR count). The van der Waals surface area contributed by atoms with E-state index in [0.29, 0.717) is 5.75 Å². The zero-order chi connectivity index (χ0) is 12.3. The Labute approximate surface area is 105 Å². The van der Waals surface area contributed by atoms with E-state index in [2.05, 4.69) is 17.9 Å². The third kappa shape index (κ3) is 2.78. The molecule has 0 saturated carbocycles. The third-order valence-corrected chi connectivity index (χ3v) is 2.94. The Morgan fingerprint density at radius 3 is 2.65 bits per heavy atom. The number of nitrogens with one attached hydrogen (secondary N) is 1. The molecule has 0 aliphatic heterocycles. The fourth-order valence-electron chi connectivity index (χ4n) is 1.58. The minimum atomic E-state index is -0.579. The molecule has 88 valence electrons. The maximum absolute atomic E-state index is 11.6. The van der Waals surface area contributed by atoms with Gasteiger partial charge in [0.2, 0.25) is 5.91 Å². The predicted molar refractivity (Wildman–Crippen MR) is 74.4 cm³/mol. The van der Waals surface area contributed by atoms with Gasteiger partial charge in [-0.05, 0) is 22.9 Å². The topological polar surface area (TPSA) is 55.1 Å². The molecule has 3 N–H and O–H groups in total. The van der Waals surface area contributed by atoms with Crippen molar-refractivity contribution in [3.8, 4) is 0 Å². The lowest BCUT2D eigenvalue weighted by Gasteiger charge is -2.10. The molecule has 2 aromatic carbocycles. The summed E-state index contributed by atoms with van der Waals surface area (Å²) < 4.78 is 0. The molecular weight excluding hydrogens is 232 g/mol. The van der Waals surface area contributed by atoms with Gasteiger partial charge in [-0.15, -0.1) is 0 Å². The second kappa shape index (κ2) is 5.21. The van der Waals surface area contributed by atoms with Crippen molar-refractivity contribution in [1.29, 1.82) is 0 Å². The monoisotopic (exact) mass is 246 g/mol. The molecule has 1 unspecified atom stereocenters. The molecule has 1 amide bonds. The fraction of sp³-hybridized carbons (Fsp3) is 0.154. The summed E-state index contributed by atoms with van der Waals surface area (Å²) in [6.45, 7) is 0. The maximum atomic E-state index is 11.6. The molecule has 0 saturated heterocycles. The highest BCUT2D eigenvalue weighted by atomic mass is 32.1. The smallest absolute Gasteiger partial charge is 0.242 e. The van der Waals surface area contributed by atoms with E-state index < -0.39 is 6.04 Å². The van der Waals surface area contributed by atoms with Gasteiger partial charge in [-0.3, -0.25) is 4.79 Å². The van der Waals surface area contributed by atoms with Gasteiger partial charge in [0.1, 0.15) is 0 Å². The first kappa shape index (κ1) is 12.0. The quantitative estimate of drug-likeness (QED) is 0.726. The second-order valence-corrected chi connectivity index (χ2v) is 4.21. The van der Waals surface area contributed by atoms with Crippen molar-refractivity contribution in [2.75, 3.05) is 11.1 Å². The van der Waals surface area contributed by atoms with E-state index in [0.717, 1.165) is 16.5 Å². The third-order valence-electron chi connectivity index (χ3n) is 2.55. The van der Waals surface area contributed by atoms with E-state index in [4.69, 9.17) is 5.73 Å². The number of nitrogens with two attached hydrogens (primary N) is 1. The number of hydrogen-bond acceptors (Lipinski definition) is 3. The number of rotatable bonds is 3. The molecule has 0 aliphatic carbocycles. The van der Waals surface area contributed by atoms with Crippen LogP contribution in [0.2, 0.25) is 0 Å². The van der Waals surface area contributed by atoms with Gasteiger partial charge < -0.3 is 11.1 Å². The Kier molecular flexibility index (Phi) is 3.66. The predicted octanol–water partition coefficient (Wildman–Crippen LogP) is 2.04. The van der Waals surface area contributed by atoms with E-state index in [1.807, 2.05) is 42.5 Å². The molecule has 17 heavy (non-hydrogen) atoms. The van der Waals surface area contributed by atoms with Crippen LogP contribution in [0.4, 0.5) is 5.69 Å². The zero-order valence-corrected chi connectivity index (χ0v) is 10.2. The van der Waals surface area contributed by atoms with Gasteiger partial charge in [-0.25, -0.2) is 0 Å². The minimum absolute atomic E-state index is 0.213. The molecule has 0 aromatic heterocycles. The number of carbonyl (C=O) groups is 1. The number of anilines is 1. The second-order valence-electron chi connectivity index (χ2n) is 3.84. The largest absolute Gasteiger partial charge is 0.325 e. The molecule has 0 spiro atoms. The van der Waals surface area contributed by atoms with Crippen LogP contribution in [0.3, 0.4) is 0 Å². The summed E-state index contributed by atoms with van der Waals surface area (Å²) in [7, 11) is 0. The standard InChI is InChI=1S/C13H14N2OS/c14-12(8-17)13(16)15-11-6-5-9-3-1-2-4-10(9)7-11/h1-7,12,17H,8,14H2,(H,15,16). The number of fused-ring (bicyclic) bond motifs is 1. The summed E-state index contributed by atoms with van der Waals surface area (Å²) in [6.07, 6.45) is 0. The Bertz CT molecular complexity index is 542. The van der Waals surface area contributed by atoms with E-state index in [1.54, 1.807) is 0 Å². The van der Waals surface area contributed by atoms with Crippen molar-refractivity contribution >= 4 is 35.0 Å². The van der Waals surface area contributed by atoms with Crippen LogP contribution in [0.5, 0.6) is 0 Å². The van der Waals surface area contributed by atoms with Crippen LogP contribution in [-0.2, 0) is 4.79 Å². The van der Waals surface area contributed by atoms with Crippen LogP contribution in [0, 0.1) is 0 Å². The molecule has 0 heterocycles. The Morgan fingerprint density at radius 2 is 1.94 bits per heavy atom. The number of benzene rings is 2. The number of carbonyl (C=O) groups excluding carboxylic acids is 1. The average molecular weight is 246 g/mol. The van der Waals surface area contributed by atoms with Crippen LogP contribution in [0.1, 0.15) is 0 Å². The van der Waals surface area contributed by atoms with Gasteiger partial charge in [0.05, 0.1) is 6.04 Å². The van der Waals surface area contributed by atoms with Crippen molar-refractivity contribution in [3.05, 3.63) is 42.5 Å². The number of amides is 1. The van der Waals surface area contributed by atoms with E-state index >= 15 is 0 Å². The van der Waals surface area contributed by atoms with Crippen LogP contribution in [-0.4, -0.2) is 17.7 Å². The summed E-state index contributed by atoms with van der Waals surface area (Å²) >= 11 is 3.99. The maximum Gasteiger partial charge on any atom is 0.242 e. The van der Waals surface area contributed by atoms with Crippen molar-refractivity contribution < 1.29 is 4.79 Å². The van der Waals surface area contributed by atoms with Crippen LogP contribution in [0.25, 0.3) is 10.8 Å². The first-order valence-electron chi connectivity index (χ1n) is 5.37. The Morgan fingerprint density at radius 1 is 1.24 bits per heavy atom. The van der Waals surface area contributed by atoms with E-state index in [-0.39, 0.29) is 5.91 Å². The van der Waals surface area contributed by atoms with Crippen molar-refractivity contribution in [1.82, 2.24) is 0 Å². The van der Waals surface area contributed by atoms with Gasteiger partial charge in [0.25, 0.3) is 0 Å². The molecule has 3 nitrogen and oxygen atoms in total. The van der Waals surface area contributed by atoms with Gasteiger partial charge in [-0.2, -0.15) is 12.6 Å². The minimum Gasteiger partial charge on any atom is -0.325 e. The first-order valence-corrected chi connectivity index (χ1v) is 6.00. The summed E-state index contributed by atoms with van der Waals surface area (Å²) in [4.78, 5) is 11.6. The van der Waals surface area contributed by atoms with Crippen LogP contribution < -0.4 is 11.1 Å². The number of hydrogen-bond donors (Lipinski definition) is 3. The lowest BCUT2D eigenvalue weighted by atomic mass is 10.1. The highest BCUT2D eigenvalue weighted by Gasteiger charge is 2.11. The van der Waals surface area contributed by atoms with Crippen molar-refractivity contribution in [3.63, 3.8) is 0 Å². The molecular formula is C13H14N2OS. The highest BCUT2D eigenvalue weighted by Crippen LogP contribution is 2.18. The Hall–Kier alpha value is -1.52. The van der Waals surface area contributed by atoms with Crippen molar-refractivity contribution in [2.24, 2.45) is 5.73 Å². The van der Waals surface area contributed by atoms with Gasteiger partial charge >= 0.3 is 0 Å². The highest BCUT2D eigenvalue weighted by molar-refractivity contribution is 7.80. The van der Waals surface area contributed by atoms with Gasteiger partial charge in [0.15, 0.2) is 0 Å². The SMILES string of the molecule is NC(CS)C(=O)Nc1ccc2ccccc2c1. The van der Waals surface area contributed by atoms with E-state index in [9.17, 15) is 4.79 Å². The van der Waals surface area contributed by atoms with Crippen LogP contribution in [0.15, 0.2) is 42.5 Å². The molecule has 0 aliphatic rings. The lowest BCUT2D eigenvalue weighted by molar-refractivity contribution is -0.116. The first-order chi connectivity index (χ1) is 8.20. The average Bonchev–Trinajstić information content (AvgIpc) is 2.37. The molecule has 0 fully saturated rings. The fourth-order valence-corrected chi connectivity index (χ4v) is 1.75. The molecule has 0 radical (unpaired) electrons. The Balaban J connectivity index is 2.22. The molecule has 4 heteroatoms. The molecule has 2 aromatic rings. The lowest BCUT2D eigenvalue weighted by Crippen LogP contribution is -2.37. The molecule has 0 bridgehead atoms. The number of thiol groups is 1. The summed E-state index contributed by atoms with van der Waals surface area (Å²) in [5.41, 5.74) is 6.34. The van der Waals surface area contributed by atoms with E-state index in [1.165, 1.54) is 0 Å². The van der Waals surface area contributed by atoms with Gasteiger partial charge in [-0.1, -0.05) is 30.3 Å². The van der Waals surface area contributed by atoms with Crippen LogP contribution >= 0.6 is 12.6 Å². The summed E-state index contributed by atoms with van der Waals surface area (Å²) in [5, 5.41) is 5.00. The zero-order valence-electron chi connectivity index (χ0n) is 9.26. The normalized spacial score (nSPS) is 12.4. The summed E-state index contributed by atoms with van der Waals surface area (Å²) in [6, 6.07) is 13.2. The molecule has 1 atom stereocenters. The van der Waals surface area contributed by atoms with Gasteiger partial charge in [0, 0.05) is 11.4 Å². The van der Waals surface area contributed by atoms with Crippen molar-refractivity contribution in [2.45, 2.75) is 6.04 Å².